The van der Waals surface area contributed by atoms with Gasteiger partial charge in [0.25, 0.3) is 0 Å². The molecule has 0 radical (unpaired) electrons. The number of amides is 1. The Balaban J connectivity index is 1.81. The standard InChI is InChI=1S/C20H29NO7/c1-10(22)13-15-11-7-6-8-12(26-5)14(11)16(21(15)17(13)23)18(24)27-9-28-19(25)20(2,3)4/h10-13,15,22H,6-9H2,1-5H3. The van der Waals surface area contributed by atoms with E-state index in [2.05, 4.69) is 0 Å². The maximum atomic E-state index is 12.8. The number of β-lactam (4-membered cyclic amide) rings is 1. The maximum Gasteiger partial charge on any atom is 0.357 e. The van der Waals surface area contributed by atoms with Crippen molar-refractivity contribution in [2.75, 3.05) is 13.9 Å². The second kappa shape index (κ2) is 7.48. The van der Waals surface area contributed by atoms with E-state index in [-0.39, 0.29) is 29.7 Å². The SMILES string of the molecule is COC1CCCC2C1=C(C(=O)OCOC(=O)C(C)(C)C)N1C(=O)C(C(C)O)C21. The van der Waals surface area contributed by atoms with Gasteiger partial charge in [-0.25, -0.2) is 4.79 Å². The monoisotopic (exact) mass is 395 g/mol. The molecule has 1 saturated carbocycles. The summed E-state index contributed by atoms with van der Waals surface area (Å²) >= 11 is 0. The minimum absolute atomic E-state index is 0.0318. The molecule has 0 aromatic rings. The summed E-state index contributed by atoms with van der Waals surface area (Å²) in [6, 6.07) is -0.250. The van der Waals surface area contributed by atoms with Crippen LogP contribution in [0.2, 0.25) is 0 Å². The van der Waals surface area contributed by atoms with Gasteiger partial charge in [-0.05, 0) is 52.5 Å². The van der Waals surface area contributed by atoms with Crippen molar-refractivity contribution >= 4 is 17.8 Å². The van der Waals surface area contributed by atoms with E-state index in [4.69, 9.17) is 14.2 Å². The summed E-state index contributed by atoms with van der Waals surface area (Å²) in [6.45, 7) is 6.19. The lowest BCUT2D eigenvalue weighted by molar-refractivity contribution is -0.175. The smallest absolute Gasteiger partial charge is 0.357 e. The minimum atomic E-state index is -0.791. The first-order chi connectivity index (χ1) is 13.1. The van der Waals surface area contributed by atoms with Crippen LogP contribution in [0.5, 0.6) is 0 Å². The predicted octanol–water partition coefficient (Wildman–Crippen LogP) is 1.37. The molecule has 2 aliphatic heterocycles. The topological polar surface area (TPSA) is 102 Å². The highest BCUT2D eigenvalue weighted by molar-refractivity contribution is 6.01. The molecule has 3 aliphatic rings. The van der Waals surface area contributed by atoms with E-state index in [9.17, 15) is 19.5 Å². The van der Waals surface area contributed by atoms with Crippen molar-refractivity contribution < 1.29 is 33.7 Å². The molecule has 1 saturated heterocycles. The summed E-state index contributed by atoms with van der Waals surface area (Å²) in [4.78, 5) is 38.8. The number of hydrogen-bond donors (Lipinski definition) is 1. The zero-order chi connectivity index (χ0) is 20.8. The van der Waals surface area contributed by atoms with Crippen molar-refractivity contribution in [3.63, 3.8) is 0 Å². The Kier molecular flexibility index (Phi) is 5.55. The van der Waals surface area contributed by atoms with Crippen molar-refractivity contribution in [1.29, 1.82) is 0 Å². The molecule has 5 atom stereocenters. The summed E-state index contributed by atoms with van der Waals surface area (Å²) in [5.74, 6) is -2.03. The summed E-state index contributed by atoms with van der Waals surface area (Å²) in [6.07, 6.45) is 1.44. The van der Waals surface area contributed by atoms with E-state index in [1.165, 1.54) is 4.90 Å². The van der Waals surface area contributed by atoms with E-state index < -0.39 is 36.2 Å². The summed E-state index contributed by atoms with van der Waals surface area (Å²) in [5.41, 5.74) is 0.248. The van der Waals surface area contributed by atoms with Crippen LogP contribution >= 0.6 is 0 Å². The van der Waals surface area contributed by atoms with Gasteiger partial charge < -0.3 is 24.2 Å². The highest BCUT2D eigenvalue weighted by atomic mass is 16.7. The lowest BCUT2D eigenvalue weighted by Crippen LogP contribution is -2.64. The third-order valence-corrected chi connectivity index (χ3v) is 5.83. The Hall–Kier alpha value is -1.93. The van der Waals surface area contributed by atoms with Gasteiger partial charge in [0.1, 0.15) is 5.70 Å². The van der Waals surface area contributed by atoms with E-state index >= 15 is 0 Å². The molecule has 0 aromatic heterocycles. The Labute approximate surface area is 164 Å². The number of esters is 2. The molecular formula is C20H29NO7. The van der Waals surface area contributed by atoms with Crippen molar-refractivity contribution in [3.8, 4) is 0 Å². The minimum Gasteiger partial charge on any atom is -0.427 e. The first-order valence-corrected chi connectivity index (χ1v) is 9.72. The number of rotatable bonds is 5. The van der Waals surface area contributed by atoms with E-state index in [0.717, 1.165) is 24.8 Å². The Morgan fingerprint density at radius 3 is 2.50 bits per heavy atom. The molecule has 3 rings (SSSR count). The normalized spacial score (nSPS) is 30.4. The second-order valence-corrected chi connectivity index (χ2v) is 8.76. The number of carbonyl (C=O) groups is 3. The fourth-order valence-electron chi connectivity index (χ4n) is 4.49. The molecule has 0 spiro atoms. The third kappa shape index (κ3) is 3.33. The fraction of sp³-hybridized carbons (Fsp3) is 0.750. The van der Waals surface area contributed by atoms with Crippen LogP contribution in [-0.4, -0.2) is 60.0 Å². The number of ether oxygens (including phenoxy) is 3. The van der Waals surface area contributed by atoms with Crippen molar-refractivity contribution in [2.45, 2.75) is 65.2 Å². The van der Waals surface area contributed by atoms with Crippen LogP contribution in [0.4, 0.5) is 0 Å². The second-order valence-electron chi connectivity index (χ2n) is 8.76. The molecule has 28 heavy (non-hydrogen) atoms. The summed E-state index contributed by atoms with van der Waals surface area (Å²) in [7, 11) is 1.58. The van der Waals surface area contributed by atoms with Crippen LogP contribution in [0.1, 0.15) is 47.0 Å². The van der Waals surface area contributed by atoms with Crippen molar-refractivity contribution in [2.24, 2.45) is 17.3 Å². The van der Waals surface area contributed by atoms with Gasteiger partial charge in [-0.2, -0.15) is 0 Å². The first-order valence-electron chi connectivity index (χ1n) is 9.72. The molecule has 8 heteroatoms. The number of aliphatic hydroxyl groups is 1. The largest absolute Gasteiger partial charge is 0.427 e. The molecule has 1 aliphatic carbocycles. The molecule has 0 aromatic carbocycles. The van der Waals surface area contributed by atoms with Crippen molar-refractivity contribution in [3.05, 3.63) is 11.3 Å². The molecule has 2 fully saturated rings. The van der Waals surface area contributed by atoms with Crippen LogP contribution in [0, 0.1) is 17.3 Å². The lowest BCUT2D eigenvalue weighted by Gasteiger charge is -2.47. The first kappa shape index (κ1) is 20.8. The molecule has 8 nitrogen and oxygen atoms in total. The maximum absolute atomic E-state index is 12.8. The van der Waals surface area contributed by atoms with Gasteiger partial charge >= 0.3 is 11.9 Å². The van der Waals surface area contributed by atoms with Gasteiger partial charge in [0.15, 0.2) is 0 Å². The Morgan fingerprint density at radius 2 is 1.93 bits per heavy atom. The fourth-order valence-corrected chi connectivity index (χ4v) is 4.49. The van der Waals surface area contributed by atoms with E-state index in [1.54, 1.807) is 34.8 Å². The van der Waals surface area contributed by atoms with Crippen LogP contribution in [0.3, 0.4) is 0 Å². The number of fused-ring (bicyclic) bond motifs is 3. The van der Waals surface area contributed by atoms with Crippen LogP contribution in [0.15, 0.2) is 11.3 Å². The molecule has 1 N–H and O–H groups in total. The summed E-state index contributed by atoms with van der Waals surface area (Å²) in [5, 5.41) is 10.0. The van der Waals surface area contributed by atoms with Crippen LogP contribution in [0.25, 0.3) is 0 Å². The predicted molar refractivity (Wildman–Crippen MR) is 97.5 cm³/mol. The van der Waals surface area contributed by atoms with Gasteiger partial charge in [0.05, 0.1) is 29.6 Å². The number of aliphatic hydroxyl groups excluding tert-OH is 1. The molecule has 0 bridgehead atoms. The van der Waals surface area contributed by atoms with Crippen LogP contribution in [-0.2, 0) is 28.6 Å². The molecule has 2 heterocycles. The zero-order valence-corrected chi connectivity index (χ0v) is 17.1. The number of carbonyl (C=O) groups excluding carboxylic acids is 3. The molecule has 5 unspecified atom stereocenters. The van der Waals surface area contributed by atoms with Gasteiger partial charge in [-0.15, -0.1) is 0 Å². The van der Waals surface area contributed by atoms with Gasteiger partial charge in [-0.3, -0.25) is 9.59 Å². The molecule has 156 valence electrons. The highest BCUT2D eigenvalue weighted by Gasteiger charge is 2.62. The van der Waals surface area contributed by atoms with Crippen molar-refractivity contribution in [1.82, 2.24) is 4.90 Å². The van der Waals surface area contributed by atoms with E-state index in [0.29, 0.717) is 0 Å². The van der Waals surface area contributed by atoms with Crippen LogP contribution < -0.4 is 0 Å². The van der Waals surface area contributed by atoms with Gasteiger partial charge in [-0.1, -0.05) is 0 Å². The number of hydrogen-bond acceptors (Lipinski definition) is 7. The Bertz CT molecular complexity index is 706. The summed E-state index contributed by atoms with van der Waals surface area (Å²) < 4.78 is 15.8. The average molecular weight is 395 g/mol. The van der Waals surface area contributed by atoms with E-state index in [1.807, 2.05) is 0 Å². The average Bonchev–Trinajstić information content (AvgIpc) is 2.91. The number of methoxy groups -OCH3 is 1. The third-order valence-electron chi connectivity index (χ3n) is 5.83. The zero-order valence-electron chi connectivity index (χ0n) is 17.1. The lowest BCUT2D eigenvalue weighted by atomic mass is 9.72. The van der Waals surface area contributed by atoms with Gasteiger partial charge in [0.2, 0.25) is 12.7 Å². The van der Waals surface area contributed by atoms with Gasteiger partial charge in [0, 0.05) is 13.0 Å². The number of nitrogens with zero attached hydrogens (tertiary/aromatic N) is 1. The molecule has 1 amide bonds. The quantitative estimate of drug-likeness (QED) is 0.426. The molecular weight excluding hydrogens is 366 g/mol. The highest BCUT2D eigenvalue weighted by Crippen LogP contribution is 2.52. The Morgan fingerprint density at radius 1 is 1.25 bits per heavy atom.